The highest BCUT2D eigenvalue weighted by Crippen LogP contribution is 2.26. The van der Waals surface area contributed by atoms with Crippen molar-refractivity contribution in [3.05, 3.63) is 58.6 Å². The Bertz CT molecular complexity index is 848. The van der Waals surface area contributed by atoms with Crippen molar-refractivity contribution in [2.24, 2.45) is 0 Å². The first-order chi connectivity index (χ1) is 9.83. The number of rotatable bonds is 3. The van der Waals surface area contributed by atoms with Crippen LogP contribution in [0.15, 0.2) is 41.3 Å². The maximum atomic E-state index is 13.5. The summed E-state index contributed by atoms with van der Waals surface area (Å²) in [5.74, 6) is -2.00. The van der Waals surface area contributed by atoms with E-state index < -0.39 is 26.6 Å². The van der Waals surface area contributed by atoms with Crippen LogP contribution in [-0.4, -0.2) is 8.42 Å². The Labute approximate surface area is 124 Å². The van der Waals surface area contributed by atoms with Gasteiger partial charge >= 0.3 is 0 Å². The third kappa shape index (κ3) is 3.29. The summed E-state index contributed by atoms with van der Waals surface area (Å²) in [5, 5.41) is 8.79. The normalized spacial score (nSPS) is 11.0. The van der Waals surface area contributed by atoms with Gasteiger partial charge in [-0.1, -0.05) is 11.6 Å². The van der Waals surface area contributed by atoms with Gasteiger partial charge in [-0.05, 0) is 36.4 Å². The number of hydrogen-bond donors (Lipinski definition) is 1. The molecule has 0 heterocycles. The smallest absolute Gasteiger partial charge is 0.264 e. The fourth-order valence-corrected chi connectivity index (χ4v) is 2.94. The maximum Gasteiger partial charge on any atom is 0.264 e. The largest absolute Gasteiger partial charge is 0.278 e. The highest BCUT2D eigenvalue weighted by Gasteiger charge is 2.21. The van der Waals surface area contributed by atoms with E-state index in [0.717, 1.165) is 6.07 Å². The van der Waals surface area contributed by atoms with Crippen molar-refractivity contribution in [3.63, 3.8) is 0 Å². The van der Waals surface area contributed by atoms with Crippen LogP contribution in [0.4, 0.5) is 14.5 Å². The van der Waals surface area contributed by atoms with Crippen molar-refractivity contribution in [2.75, 3.05) is 4.72 Å². The summed E-state index contributed by atoms with van der Waals surface area (Å²) in [7, 11) is -4.37. The second-order valence-electron chi connectivity index (χ2n) is 3.99. The third-order valence-electron chi connectivity index (χ3n) is 2.52. The Morgan fingerprint density at radius 1 is 1.14 bits per heavy atom. The van der Waals surface area contributed by atoms with Crippen LogP contribution in [0.2, 0.25) is 5.02 Å². The van der Waals surface area contributed by atoms with Gasteiger partial charge in [-0.3, -0.25) is 4.72 Å². The number of hydrogen-bond acceptors (Lipinski definition) is 3. The van der Waals surface area contributed by atoms with E-state index in [1.807, 2.05) is 10.8 Å². The first kappa shape index (κ1) is 15.2. The summed E-state index contributed by atoms with van der Waals surface area (Å²) >= 11 is 5.81. The minimum Gasteiger partial charge on any atom is -0.278 e. The van der Waals surface area contributed by atoms with Gasteiger partial charge in [0.2, 0.25) is 0 Å². The molecule has 0 aromatic heterocycles. The average molecular weight is 329 g/mol. The molecule has 0 unspecified atom stereocenters. The van der Waals surface area contributed by atoms with E-state index in [9.17, 15) is 17.2 Å². The molecular formula is C13H7ClF2N2O2S. The van der Waals surface area contributed by atoms with Gasteiger partial charge in [-0.25, -0.2) is 17.2 Å². The standard InChI is InChI=1S/C13H7ClF2N2O2S/c14-10-3-1-8(7-17)5-12(10)18-21(19,20)13-6-9(15)2-4-11(13)16/h1-6,18H. The fourth-order valence-electron chi connectivity index (χ4n) is 1.56. The highest BCUT2D eigenvalue weighted by molar-refractivity contribution is 7.92. The molecule has 21 heavy (non-hydrogen) atoms. The van der Waals surface area contributed by atoms with Crippen molar-refractivity contribution in [1.82, 2.24) is 0 Å². The quantitative estimate of drug-likeness (QED) is 0.939. The molecule has 0 aliphatic rings. The SMILES string of the molecule is N#Cc1ccc(Cl)c(NS(=O)(=O)c2cc(F)ccc2F)c1. The Morgan fingerprint density at radius 3 is 2.52 bits per heavy atom. The number of nitrogens with one attached hydrogen (secondary N) is 1. The molecule has 0 saturated heterocycles. The van der Waals surface area contributed by atoms with Crippen LogP contribution in [0.1, 0.15) is 5.56 Å². The summed E-state index contributed by atoms with van der Waals surface area (Å²) in [5.41, 5.74) is 0.0659. The number of anilines is 1. The number of benzene rings is 2. The topological polar surface area (TPSA) is 70.0 Å². The lowest BCUT2D eigenvalue weighted by Gasteiger charge is -2.10. The highest BCUT2D eigenvalue weighted by atomic mass is 35.5. The molecule has 0 amide bonds. The van der Waals surface area contributed by atoms with Crippen molar-refractivity contribution in [2.45, 2.75) is 4.90 Å². The molecule has 4 nitrogen and oxygen atoms in total. The van der Waals surface area contributed by atoms with E-state index in [1.54, 1.807) is 0 Å². The Morgan fingerprint density at radius 2 is 1.86 bits per heavy atom. The second-order valence-corrected chi connectivity index (χ2v) is 6.04. The number of nitrogens with zero attached hydrogens (tertiary/aromatic N) is 1. The van der Waals surface area contributed by atoms with E-state index in [0.29, 0.717) is 12.1 Å². The van der Waals surface area contributed by atoms with Crippen LogP contribution in [0, 0.1) is 23.0 Å². The molecule has 0 bridgehead atoms. The van der Waals surface area contributed by atoms with E-state index in [2.05, 4.69) is 0 Å². The van der Waals surface area contributed by atoms with Gasteiger partial charge < -0.3 is 0 Å². The van der Waals surface area contributed by atoms with Crippen molar-refractivity contribution < 1.29 is 17.2 Å². The Balaban J connectivity index is 2.47. The number of halogens is 3. The zero-order chi connectivity index (χ0) is 15.6. The van der Waals surface area contributed by atoms with Gasteiger partial charge in [-0.15, -0.1) is 0 Å². The fraction of sp³-hybridized carbons (Fsp3) is 0. The zero-order valence-corrected chi connectivity index (χ0v) is 11.8. The summed E-state index contributed by atoms with van der Waals surface area (Å²) in [6.07, 6.45) is 0. The Hall–Kier alpha value is -2.17. The maximum absolute atomic E-state index is 13.5. The molecule has 0 saturated carbocycles. The minimum absolute atomic E-state index is 0.0226. The van der Waals surface area contributed by atoms with E-state index in [1.165, 1.54) is 18.2 Å². The molecule has 2 aromatic carbocycles. The van der Waals surface area contributed by atoms with Crippen molar-refractivity contribution >= 4 is 27.3 Å². The first-order valence-electron chi connectivity index (χ1n) is 5.51. The molecule has 108 valence electrons. The lowest BCUT2D eigenvalue weighted by atomic mass is 10.2. The Kier molecular flexibility index (Phi) is 4.11. The van der Waals surface area contributed by atoms with Crippen LogP contribution >= 0.6 is 11.6 Å². The summed E-state index contributed by atoms with van der Waals surface area (Å²) in [4.78, 5) is -0.846. The van der Waals surface area contributed by atoms with Gasteiger partial charge in [0.15, 0.2) is 0 Å². The van der Waals surface area contributed by atoms with Crippen LogP contribution in [0.5, 0.6) is 0 Å². The van der Waals surface area contributed by atoms with E-state index in [4.69, 9.17) is 16.9 Å². The molecular weight excluding hydrogens is 322 g/mol. The predicted molar refractivity (Wildman–Crippen MR) is 73.3 cm³/mol. The monoisotopic (exact) mass is 328 g/mol. The first-order valence-corrected chi connectivity index (χ1v) is 7.37. The minimum atomic E-state index is -4.37. The lowest BCUT2D eigenvalue weighted by molar-refractivity contribution is 0.555. The molecule has 0 radical (unpaired) electrons. The van der Waals surface area contributed by atoms with Crippen LogP contribution in [0.3, 0.4) is 0 Å². The van der Waals surface area contributed by atoms with Gasteiger partial charge in [0.25, 0.3) is 10.0 Å². The number of sulfonamides is 1. The lowest BCUT2D eigenvalue weighted by Crippen LogP contribution is -2.15. The summed E-state index contributed by atoms with van der Waals surface area (Å²) in [6.45, 7) is 0. The van der Waals surface area contributed by atoms with E-state index in [-0.39, 0.29) is 16.3 Å². The van der Waals surface area contributed by atoms with Crippen molar-refractivity contribution in [1.29, 1.82) is 5.26 Å². The molecule has 0 aliphatic heterocycles. The van der Waals surface area contributed by atoms with Gasteiger partial charge in [0.05, 0.1) is 22.3 Å². The summed E-state index contributed by atoms with van der Waals surface area (Å²) < 4.78 is 52.8. The average Bonchev–Trinajstić information content (AvgIpc) is 2.43. The van der Waals surface area contributed by atoms with Crippen LogP contribution in [0.25, 0.3) is 0 Å². The molecule has 1 N–H and O–H groups in total. The molecule has 0 fully saturated rings. The molecule has 8 heteroatoms. The van der Waals surface area contributed by atoms with Gasteiger partial charge in [-0.2, -0.15) is 5.26 Å². The second kappa shape index (κ2) is 5.68. The van der Waals surface area contributed by atoms with Crippen molar-refractivity contribution in [3.8, 4) is 6.07 Å². The molecule has 2 aromatic rings. The van der Waals surface area contributed by atoms with Gasteiger partial charge in [0.1, 0.15) is 16.5 Å². The zero-order valence-electron chi connectivity index (χ0n) is 10.3. The third-order valence-corrected chi connectivity index (χ3v) is 4.23. The van der Waals surface area contributed by atoms with Crippen LogP contribution in [-0.2, 0) is 10.0 Å². The summed E-state index contributed by atoms with van der Waals surface area (Å²) in [6, 6.07) is 7.78. The molecule has 0 spiro atoms. The van der Waals surface area contributed by atoms with Crippen LogP contribution < -0.4 is 4.72 Å². The predicted octanol–water partition coefficient (Wildman–Crippen LogP) is 3.29. The molecule has 2 rings (SSSR count). The van der Waals surface area contributed by atoms with E-state index >= 15 is 0 Å². The molecule has 0 atom stereocenters. The van der Waals surface area contributed by atoms with Gasteiger partial charge in [0, 0.05) is 0 Å². The molecule has 0 aliphatic carbocycles. The number of nitriles is 1.